The second-order valence-electron chi connectivity index (χ2n) is 3.64. The lowest BCUT2D eigenvalue weighted by atomic mass is 10.2. The molecule has 1 aromatic rings. The summed E-state index contributed by atoms with van der Waals surface area (Å²) in [6.45, 7) is 5.49. The van der Waals surface area contributed by atoms with Crippen molar-refractivity contribution in [3.05, 3.63) is 18.2 Å². The fourth-order valence-electron chi connectivity index (χ4n) is 0.951. The van der Waals surface area contributed by atoms with Crippen LogP contribution in [0.15, 0.2) is 12.4 Å². The van der Waals surface area contributed by atoms with Crippen LogP contribution in [0.5, 0.6) is 0 Å². The van der Waals surface area contributed by atoms with E-state index < -0.39 is 4.32 Å². The predicted molar refractivity (Wildman–Crippen MR) is 58.2 cm³/mol. The van der Waals surface area contributed by atoms with Crippen LogP contribution in [-0.2, 0) is 4.79 Å². The number of nitrogens with one attached hydrogen (secondary N) is 2. The van der Waals surface area contributed by atoms with E-state index in [0.29, 0.717) is 0 Å². The van der Waals surface area contributed by atoms with Crippen molar-refractivity contribution in [3.8, 4) is 0 Å². The van der Waals surface area contributed by atoms with E-state index >= 15 is 0 Å². The fraction of sp³-hybridized carbons (Fsp3) is 0.556. The number of halogens is 1. The number of carbonyl (C=O) groups is 1. The molecule has 1 unspecified atom stereocenters. The molecule has 0 saturated carbocycles. The molecule has 2 N–H and O–H groups in total. The largest absolute Gasteiger partial charge is 0.347 e. The van der Waals surface area contributed by atoms with E-state index in [2.05, 4.69) is 31.2 Å². The second kappa shape index (κ2) is 4.13. The Bertz CT molecular complexity index is 302. The third-order valence-electron chi connectivity index (χ3n) is 1.82. The average Bonchev–Trinajstić information content (AvgIpc) is 2.53. The Labute approximate surface area is 91.6 Å². The first-order valence-electron chi connectivity index (χ1n) is 4.40. The van der Waals surface area contributed by atoms with Crippen molar-refractivity contribution >= 4 is 21.8 Å². The number of nitrogens with zero attached hydrogens (tertiary/aromatic N) is 1. The molecule has 0 aliphatic rings. The molecule has 1 rings (SSSR count). The molecule has 0 aromatic carbocycles. The van der Waals surface area contributed by atoms with Crippen molar-refractivity contribution in [3.63, 3.8) is 0 Å². The molecule has 0 spiro atoms. The van der Waals surface area contributed by atoms with Gasteiger partial charge >= 0.3 is 0 Å². The zero-order chi connectivity index (χ0) is 10.8. The van der Waals surface area contributed by atoms with Gasteiger partial charge in [0.15, 0.2) is 0 Å². The molecular weight excluding hydrogens is 246 g/mol. The minimum absolute atomic E-state index is 0.0543. The summed E-state index contributed by atoms with van der Waals surface area (Å²) >= 11 is 3.29. The van der Waals surface area contributed by atoms with Gasteiger partial charge in [-0.15, -0.1) is 0 Å². The number of imidazole rings is 1. The molecule has 0 aliphatic carbocycles. The molecule has 1 heterocycles. The number of hydrogen-bond donors (Lipinski definition) is 2. The van der Waals surface area contributed by atoms with Crippen LogP contribution in [0.4, 0.5) is 0 Å². The molecule has 5 heteroatoms. The summed E-state index contributed by atoms with van der Waals surface area (Å²) in [7, 11) is 0. The Balaban J connectivity index is 2.58. The molecule has 0 bridgehead atoms. The van der Waals surface area contributed by atoms with Gasteiger partial charge in [-0.1, -0.05) is 15.9 Å². The Morgan fingerprint density at radius 3 is 2.79 bits per heavy atom. The molecule has 1 atom stereocenters. The maximum atomic E-state index is 11.6. The number of amides is 1. The van der Waals surface area contributed by atoms with Crippen molar-refractivity contribution < 1.29 is 4.79 Å². The molecule has 0 aliphatic heterocycles. The van der Waals surface area contributed by atoms with E-state index in [1.165, 1.54) is 0 Å². The lowest BCUT2D eigenvalue weighted by Crippen LogP contribution is -2.39. The van der Waals surface area contributed by atoms with Crippen LogP contribution < -0.4 is 5.32 Å². The maximum absolute atomic E-state index is 11.6. The summed E-state index contributed by atoms with van der Waals surface area (Å²) in [5.41, 5.74) is 0. The third-order valence-corrected chi connectivity index (χ3v) is 2.18. The van der Waals surface area contributed by atoms with Crippen LogP contribution in [0, 0.1) is 0 Å². The van der Waals surface area contributed by atoms with Crippen LogP contribution in [-0.4, -0.2) is 20.2 Å². The van der Waals surface area contributed by atoms with Gasteiger partial charge in [-0.05, 0) is 20.8 Å². The first-order valence-corrected chi connectivity index (χ1v) is 5.19. The van der Waals surface area contributed by atoms with Gasteiger partial charge in [0.1, 0.15) is 5.82 Å². The predicted octanol–water partition coefficient (Wildman–Crippen LogP) is 1.76. The summed E-state index contributed by atoms with van der Waals surface area (Å²) in [4.78, 5) is 18.6. The van der Waals surface area contributed by atoms with E-state index in [0.717, 1.165) is 5.82 Å². The van der Waals surface area contributed by atoms with E-state index in [1.54, 1.807) is 26.2 Å². The van der Waals surface area contributed by atoms with Crippen molar-refractivity contribution in [2.45, 2.75) is 31.1 Å². The van der Waals surface area contributed by atoms with Gasteiger partial charge in [0.05, 0.1) is 10.4 Å². The number of carbonyl (C=O) groups excluding carboxylic acids is 1. The molecule has 1 aromatic heterocycles. The number of hydrogen-bond acceptors (Lipinski definition) is 2. The minimum atomic E-state index is -0.548. The highest BCUT2D eigenvalue weighted by atomic mass is 79.9. The molecule has 0 saturated heterocycles. The fourth-order valence-corrected chi connectivity index (χ4v) is 1.07. The van der Waals surface area contributed by atoms with Gasteiger partial charge in [-0.2, -0.15) is 0 Å². The Hall–Kier alpha value is -0.840. The van der Waals surface area contributed by atoms with Crippen LogP contribution >= 0.6 is 15.9 Å². The molecule has 78 valence electrons. The second-order valence-corrected chi connectivity index (χ2v) is 5.62. The van der Waals surface area contributed by atoms with Crippen molar-refractivity contribution in [1.29, 1.82) is 0 Å². The van der Waals surface area contributed by atoms with Crippen molar-refractivity contribution in [2.24, 2.45) is 0 Å². The van der Waals surface area contributed by atoms with Crippen LogP contribution in [0.25, 0.3) is 0 Å². The normalized spacial score (nSPS) is 13.7. The number of alkyl halides is 1. The zero-order valence-electron chi connectivity index (χ0n) is 8.47. The monoisotopic (exact) mass is 259 g/mol. The summed E-state index contributed by atoms with van der Waals surface area (Å²) in [5, 5.41) is 2.84. The van der Waals surface area contributed by atoms with Gasteiger partial charge in [-0.25, -0.2) is 4.98 Å². The number of aromatic nitrogens is 2. The van der Waals surface area contributed by atoms with Crippen LogP contribution in [0.2, 0.25) is 0 Å². The number of rotatable bonds is 3. The molecule has 1 amide bonds. The topological polar surface area (TPSA) is 57.8 Å². The smallest absolute Gasteiger partial charge is 0.236 e. The quantitative estimate of drug-likeness (QED) is 0.813. The first kappa shape index (κ1) is 11.2. The van der Waals surface area contributed by atoms with Gasteiger partial charge in [0.2, 0.25) is 5.91 Å². The molecule has 0 radical (unpaired) electrons. The molecule has 0 fully saturated rings. The van der Waals surface area contributed by atoms with Crippen molar-refractivity contribution in [1.82, 2.24) is 15.3 Å². The van der Waals surface area contributed by atoms with E-state index in [1.807, 2.05) is 6.92 Å². The lowest BCUT2D eigenvalue weighted by Gasteiger charge is -2.19. The first-order chi connectivity index (χ1) is 6.41. The van der Waals surface area contributed by atoms with Crippen molar-refractivity contribution in [2.75, 3.05) is 0 Å². The Morgan fingerprint density at radius 2 is 2.36 bits per heavy atom. The van der Waals surface area contributed by atoms with Crippen LogP contribution in [0.1, 0.15) is 32.6 Å². The maximum Gasteiger partial charge on any atom is 0.236 e. The zero-order valence-corrected chi connectivity index (χ0v) is 10.1. The Morgan fingerprint density at radius 1 is 1.71 bits per heavy atom. The molecular formula is C9H14BrN3O. The number of H-pyrrole nitrogens is 1. The van der Waals surface area contributed by atoms with Gasteiger partial charge < -0.3 is 10.3 Å². The summed E-state index contributed by atoms with van der Waals surface area (Å²) in [6, 6.07) is -0.102. The summed E-state index contributed by atoms with van der Waals surface area (Å²) < 4.78 is -0.548. The lowest BCUT2D eigenvalue weighted by molar-refractivity contribution is -0.123. The highest BCUT2D eigenvalue weighted by molar-refractivity contribution is 9.10. The van der Waals surface area contributed by atoms with Gasteiger partial charge in [-0.3, -0.25) is 4.79 Å². The van der Waals surface area contributed by atoms with E-state index in [9.17, 15) is 4.79 Å². The minimum Gasteiger partial charge on any atom is -0.347 e. The third kappa shape index (κ3) is 2.83. The summed E-state index contributed by atoms with van der Waals surface area (Å²) in [6.07, 6.45) is 3.40. The Kier molecular flexibility index (Phi) is 3.31. The molecule has 4 nitrogen and oxygen atoms in total. The SMILES string of the molecule is CC(NC(=O)C(C)(C)Br)c1ncc[nH]1. The highest BCUT2D eigenvalue weighted by Crippen LogP contribution is 2.17. The summed E-state index contributed by atoms with van der Waals surface area (Å²) in [5.74, 6) is 0.705. The van der Waals surface area contributed by atoms with Gasteiger partial charge in [0, 0.05) is 12.4 Å². The highest BCUT2D eigenvalue weighted by Gasteiger charge is 2.25. The number of aromatic amines is 1. The standard InChI is InChI=1S/C9H14BrN3O/c1-6(7-11-4-5-12-7)13-8(14)9(2,3)10/h4-6H,1-3H3,(H,11,12)(H,13,14). The molecule has 14 heavy (non-hydrogen) atoms. The van der Waals surface area contributed by atoms with Gasteiger partial charge in [0.25, 0.3) is 0 Å². The van der Waals surface area contributed by atoms with E-state index in [-0.39, 0.29) is 11.9 Å². The average molecular weight is 260 g/mol. The van der Waals surface area contributed by atoms with E-state index in [4.69, 9.17) is 0 Å². The van der Waals surface area contributed by atoms with Crippen LogP contribution in [0.3, 0.4) is 0 Å².